The average Bonchev–Trinajstić information content (AvgIpc) is 4.22. The van der Waals surface area contributed by atoms with E-state index in [1.807, 2.05) is 36.8 Å². The summed E-state index contributed by atoms with van der Waals surface area (Å²) in [4.78, 5) is 52.3. The molecular weight excluding hydrogens is 1060 g/mol. The molecule has 25 heteroatoms. The Morgan fingerprint density at radius 3 is 1.68 bits per heavy atom. The summed E-state index contributed by atoms with van der Waals surface area (Å²) in [5.74, 6) is -0.156. The van der Waals surface area contributed by atoms with Gasteiger partial charge in [0.25, 0.3) is 0 Å². The van der Waals surface area contributed by atoms with Crippen molar-refractivity contribution in [3.63, 3.8) is 0 Å². The molecule has 0 aromatic carbocycles. The van der Waals surface area contributed by atoms with Crippen LogP contribution in [-0.2, 0) is 64.6 Å². The number of pyridine rings is 4. The van der Waals surface area contributed by atoms with E-state index in [1.165, 1.54) is 55.3 Å². The van der Waals surface area contributed by atoms with Gasteiger partial charge in [-0.15, -0.1) is 10.2 Å². The van der Waals surface area contributed by atoms with Crippen LogP contribution in [0.5, 0.6) is 0 Å². The van der Waals surface area contributed by atoms with Gasteiger partial charge in [0, 0.05) is 69.7 Å². The second-order valence-corrected chi connectivity index (χ2v) is 20.0. The Morgan fingerprint density at radius 1 is 0.684 bits per heavy atom. The van der Waals surface area contributed by atoms with E-state index in [2.05, 4.69) is 64.8 Å². The maximum Gasteiger partial charge on any atom is 0.306 e. The fourth-order valence-corrected chi connectivity index (χ4v) is 9.55. The highest BCUT2D eigenvalue weighted by Crippen LogP contribution is 2.42. The quantitative estimate of drug-likeness (QED) is 0.0546. The first kappa shape index (κ1) is 54.4. The van der Waals surface area contributed by atoms with Crippen molar-refractivity contribution in [3.8, 4) is 0 Å². The van der Waals surface area contributed by atoms with Crippen LogP contribution < -0.4 is 11.1 Å². The van der Waals surface area contributed by atoms with Gasteiger partial charge < -0.3 is 38.1 Å². The number of fused-ring (bicyclic) bond motifs is 4. The largest absolute Gasteiger partial charge is 0.466 e. The molecule has 0 radical (unpaired) electrons. The number of rotatable bonds is 20. The smallest absolute Gasteiger partial charge is 0.306 e. The van der Waals surface area contributed by atoms with Crippen LogP contribution in [0.4, 0.5) is 8.78 Å². The number of nitrogens with two attached hydrogens (primary N) is 1. The molecule has 10 heterocycles. The molecule has 0 aliphatic heterocycles. The van der Waals surface area contributed by atoms with Crippen LogP contribution in [0.2, 0.25) is 10.0 Å². The minimum Gasteiger partial charge on any atom is -0.466 e. The summed E-state index contributed by atoms with van der Waals surface area (Å²) >= 11 is 11.5. The fraction of sp³-hybridized carbons (Fsp3) is 0.352. The van der Waals surface area contributed by atoms with Gasteiger partial charge in [0.1, 0.15) is 28.0 Å². The van der Waals surface area contributed by atoms with Crippen LogP contribution in [0.3, 0.4) is 0 Å². The summed E-state index contributed by atoms with van der Waals surface area (Å²) in [5, 5.41) is 19.6. The van der Waals surface area contributed by atoms with Crippen LogP contribution in [0.15, 0.2) is 86.5 Å². The van der Waals surface area contributed by atoms with E-state index in [1.54, 1.807) is 43.1 Å². The van der Waals surface area contributed by atoms with Crippen molar-refractivity contribution < 1.29 is 32.6 Å². The Hall–Kier alpha value is -7.99. The van der Waals surface area contributed by atoms with E-state index in [4.69, 9.17) is 48.4 Å². The van der Waals surface area contributed by atoms with Crippen LogP contribution in [0, 0.1) is 11.6 Å². The third-order valence-electron chi connectivity index (χ3n) is 13.3. The number of halogens is 4. The van der Waals surface area contributed by atoms with Crippen molar-refractivity contribution in [1.29, 1.82) is 0 Å². The topological polar surface area (TPSA) is 238 Å². The molecule has 0 atom stereocenters. The van der Waals surface area contributed by atoms with Crippen molar-refractivity contribution in [2.45, 2.75) is 110 Å². The van der Waals surface area contributed by atoms with Gasteiger partial charge >= 0.3 is 11.9 Å². The van der Waals surface area contributed by atoms with Gasteiger partial charge in [0.15, 0.2) is 17.9 Å². The number of aldehydes is 1. The van der Waals surface area contributed by atoms with Gasteiger partial charge in [-0.05, 0) is 98.6 Å². The number of hydrogen-bond acceptors (Lipinski definition) is 15. The molecule has 2 aliphatic rings. The van der Waals surface area contributed by atoms with E-state index in [0.29, 0.717) is 111 Å². The van der Waals surface area contributed by atoms with Crippen LogP contribution in [0.25, 0.3) is 22.3 Å². The minimum atomic E-state index is -0.486. The molecule has 410 valence electrons. The molecule has 10 aromatic heterocycles. The standard InChI is InChI=1S/C27H28ClFN8O2.C19H21N5O3.C8H7ClFN3/c1-2-39-24(38)6-5-18-9-19(17-3-4-17)12-36-13-21(32-27(18)36)15-37-14-20(33-34-37)10-30-11-23-26-25(29)22(28)7-8-35(26)16-31-23;1-2-27-18(26)6-5-14-7-15(13-3-4-13)8-23-9-16(20-19(14)23)10-24-11-17(12-25)21-22-24;9-5-1-2-13-4-12-6(3-11)8(13)7(5)10/h7-9,12-14,16-17,30H,2-6,10-11,15H2,1H3;7-9,11-13H,2-6,10H2,1H3;1-2,4H,3,11H2. The maximum atomic E-state index is 14.5. The Labute approximate surface area is 460 Å². The highest BCUT2D eigenvalue weighted by molar-refractivity contribution is 6.31. The van der Waals surface area contributed by atoms with Gasteiger partial charge in [0.05, 0.1) is 89.9 Å². The van der Waals surface area contributed by atoms with E-state index < -0.39 is 11.6 Å². The zero-order valence-corrected chi connectivity index (χ0v) is 44.8. The number of imidazole rings is 4. The number of aromatic nitrogens is 14. The first-order chi connectivity index (χ1) is 38.4. The number of hydrogen-bond donors (Lipinski definition) is 2. The lowest BCUT2D eigenvalue weighted by molar-refractivity contribution is -0.144. The Balaban J connectivity index is 0.000000151. The minimum absolute atomic E-state index is 0.0639. The number of nitrogens with one attached hydrogen (secondary N) is 1. The molecule has 2 saturated carbocycles. The Bertz CT molecular complexity index is 3820. The number of ether oxygens (including phenoxy) is 2. The monoisotopic (exact) mass is 1120 g/mol. The molecule has 3 N–H and O–H groups in total. The van der Waals surface area contributed by atoms with Gasteiger partial charge in [-0.25, -0.2) is 38.1 Å². The average molecular weight is 1120 g/mol. The number of carbonyl (C=O) groups excluding carboxylic acids is 3. The highest BCUT2D eigenvalue weighted by Gasteiger charge is 2.27. The van der Waals surface area contributed by atoms with E-state index in [9.17, 15) is 23.2 Å². The van der Waals surface area contributed by atoms with E-state index >= 15 is 0 Å². The number of esters is 2. The Morgan fingerprint density at radius 2 is 1.19 bits per heavy atom. The molecule has 0 unspecified atom stereocenters. The fourth-order valence-electron chi connectivity index (χ4n) is 9.26. The molecule has 12 rings (SSSR count). The predicted molar refractivity (Wildman–Crippen MR) is 287 cm³/mol. The van der Waals surface area contributed by atoms with E-state index in [-0.39, 0.29) is 28.5 Å². The van der Waals surface area contributed by atoms with E-state index in [0.717, 1.165) is 39.5 Å². The summed E-state index contributed by atoms with van der Waals surface area (Å²) in [6, 6.07) is 7.33. The first-order valence-electron chi connectivity index (χ1n) is 25.9. The lowest BCUT2D eigenvalue weighted by atomic mass is 10.1. The summed E-state index contributed by atoms with van der Waals surface area (Å²) < 4.78 is 48.6. The normalized spacial score (nSPS) is 13.2. The summed E-state index contributed by atoms with van der Waals surface area (Å²) in [5.41, 5.74) is 16.3. The molecule has 0 saturated heterocycles. The van der Waals surface area contributed by atoms with Crippen molar-refractivity contribution >= 4 is 63.8 Å². The van der Waals surface area contributed by atoms with Crippen molar-refractivity contribution in [3.05, 3.63) is 165 Å². The number of carbonyl (C=O) groups is 3. The molecule has 0 bridgehead atoms. The predicted octanol–water partition coefficient (Wildman–Crippen LogP) is 7.82. The van der Waals surface area contributed by atoms with Crippen molar-refractivity contribution in [1.82, 2.24) is 72.8 Å². The van der Waals surface area contributed by atoms with Gasteiger partial charge in [-0.2, -0.15) is 0 Å². The summed E-state index contributed by atoms with van der Waals surface area (Å²) in [7, 11) is 0. The number of aryl methyl sites for hydroxylation is 2. The van der Waals surface area contributed by atoms with Gasteiger partial charge in [-0.3, -0.25) is 14.4 Å². The van der Waals surface area contributed by atoms with Crippen molar-refractivity contribution in [2.75, 3.05) is 13.2 Å². The molecular formula is C54H56Cl2F2N16O5. The number of nitrogens with zero attached hydrogens (tertiary/aromatic N) is 14. The molecule has 21 nitrogen and oxygen atoms in total. The molecule has 79 heavy (non-hydrogen) atoms. The Kier molecular flexibility index (Phi) is 16.8. The van der Waals surface area contributed by atoms with Crippen LogP contribution >= 0.6 is 23.2 Å². The third-order valence-corrected chi connectivity index (χ3v) is 13.9. The van der Waals surface area contributed by atoms with Crippen LogP contribution in [0.1, 0.15) is 125 Å². The molecule has 2 aliphatic carbocycles. The third kappa shape index (κ3) is 13.0. The molecule has 10 aromatic rings. The summed E-state index contributed by atoms with van der Waals surface area (Å²) in [6.45, 7) is 6.28. The molecule has 0 spiro atoms. The SMILES string of the molecule is CCOC(=O)CCc1cc(C2CC2)cn2cc(Cn3cc(C=O)nn3)nc12.CCOC(=O)CCc1cc(C2CC2)cn2cc(Cn3cc(CNCc4ncn5ccc(Cl)c(F)c45)nn3)nc12.NCc1ncn2ccc(Cl)c(F)c12. The first-order valence-corrected chi connectivity index (χ1v) is 26.7. The van der Waals surface area contributed by atoms with Crippen molar-refractivity contribution in [2.24, 2.45) is 5.73 Å². The highest BCUT2D eigenvalue weighted by atomic mass is 35.5. The zero-order chi connectivity index (χ0) is 55.2. The second kappa shape index (κ2) is 24.4. The summed E-state index contributed by atoms with van der Waals surface area (Å²) in [6.07, 6.45) is 25.4. The lowest BCUT2D eigenvalue weighted by Crippen LogP contribution is -2.13. The molecule has 0 amide bonds. The molecule has 2 fully saturated rings. The van der Waals surface area contributed by atoms with Gasteiger partial charge in [-0.1, -0.05) is 45.8 Å². The second-order valence-electron chi connectivity index (χ2n) is 19.2. The lowest BCUT2D eigenvalue weighted by Gasteiger charge is -2.07. The maximum absolute atomic E-state index is 14.5. The zero-order valence-electron chi connectivity index (χ0n) is 43.3. The van der Waals surface area contributed by atoms with Crippen LogP contribution in [-0.4, -0.2) is 99.0 Å². The van der Waals surface area contributed by atoms with Gasteiger partial charge in [0.2, 0.25) is 0 Å².